The van der Waals surface area contributed by atoms with E-state index in [4.69, 9.17) is 9.84 Å². The van der Waals surface area contributed by atoms with Crippen molar-refractivity contribution in [3.05, 3.63) is 60.2 Å². The zero-order valence-corrected chi connectivity index (χ0v) is 15.9. The fourth-order valence-electron chi connectivity index (χ4n) is 2.91. The van der Waals surface area contributed by atoms with Crippen LogP contribution in [0, 0.1) is 0 Å². The summed E-state index contributed by atoms with van der Waals surface area (Å²) in [4.78, 5) is 23.9. The molecule has 0 aromatic heterocycles. The molecule has 1 heterocycles. The van der Waals surface area contributed by atoms with E-state index in [0.29, 0.717) is 19.3 Å². The highest BCUT2D eigenvalue weighted by molar-refractivity contribution is 5.69. The first-order chi connectivity index (χ1) is 13.8. The van der Waals surface area contributed by atoms with Crippen LogP contribution >= 0.6 is 0 Å². The van der Waals surface area contributed by atoms with E-state index < -0.39 is 30.1 Å². The number of unbranched alkanes of at least 4 members (excludes halogenated alkanes) is 1. The maximum atomic E-state index is 14.4. The number of aliphatic hydroxyl groups excluding tert-OH is 1. The first-order valence-electron chi connectivity index (χ1n) is 9.42. The van der Waals surface area contributed by atoms with Crippen molar-refractivity contribution in [1.82, 2.24) is 4.90 Å². The molecule has 1 aromatic carbocycles. The number of ether oxygens (including phenoxy) is 1. The number of allylic oxidation sites excluding steroid dienone is 1. The van der Waals surface area contributed by atoms with Crippen molar-refractivity contribution in [2.24, 2.45) is 0 Å². The summed E-state index contributed by atoms with van der Waals surface area (Å²) in [7, 11) is 0. The fourth-order valence-corrected chi connectivity index (χ4v) is 2.91. The Morgan fingerprint density at radius 3 is 2.72 bits per heavy atom. The predicted octanol–water partition coefficient (Wildman–Crippen LogP) is 3.72. The van der Waals surface area contributed by atoms with Gasteiger partial charge in [-0.15, -0.1) is 0 Å². The number of aliphatic hydroxyl groups is 1. The molecule has 1 fully saturated rings. The maximum absolute atomic E-state index is 14.4. The van der Waals surface area contributed by atoms with Gasteiger partial charge in [0.15, 0.2) is 0 Å². The number of nitrogens with zero attached hydrogens (tertiary/aromatic N) is 1. The van der Waals surface area contributed by atoms with Crippen LogP contribution in [-0.4, -0.2) is 52.5 Å². The predicted molar refractivity (Wildman–Crippen MR) is 103 cm³/mol. The summed E-state index contributed by atoms with van der Waals surface area (Å²) < 4.78 is 33.8. The van der Waals surface area contributed by atoms with Crippen molar-refractivity contribution in [3.63, 3.8) is 0 Å². The van der Waals surface area contributed by atoms with E-state index in [1.54, 1.807) is 18.2 Å². The molecule has 1 aliphatic heterocycles. The Morgan fingerprint density at radius 1 is 1.31 bits per heavy atom. The van der Waals surface area contributed by atoms with Crippen LogP contribution in [-0.2, 0) is 15.5 Å². The summed E-state index contributed by atoms with van der Waals surface area (Å²) in [5.74, 6) is -4.32. The molecule has 0 bridgehead atoms. The van der Waals surface area contributed by atoms with Crippen LogP contribution in [0.2, 0.25) is 0 Å². The zero-order valence-electron chi connectivity index (χ0n) is 15.9. The third kappa shape index (κ3) is 6.67. The number of alkyl halides is 2. The Bertz CT molecular complexity index is 736. The van der Waals surface area contributed by atoms with Gasteiger partial charge in [-0.1, -0.05) is 54.6 Å². The van der Waals surface area contributed by atoms with Crippen LogP contribution in [0.1, 0.15) is 31.2 Å². The number of halogens is 2. The third-order valence-electron chi connectivity index (χ3n) is 4.55. The Balaban J connectivity index is 1.97. The smallest absolute Gasteiger partial charge is 0.410 e. The van der Waals surface area contributed by atoms with E-state index in [-0.39, 0.29) is 25.1 Å². The van der Waals surface area contributed by atoms with Gasteiger partial charge in [0, 0.05) is 24.9 Å². The second-order valence-electron chi connectivity index (χ2n) is 6.70. The normalized spacial score (nSPS) is 18.9. The molecule has 2 rings (SSSR count). The van der Waals surface area contributed by atoms with Crippen LogP contribution in [0.25, 0.3) is 0 Å². The number of carbonyl (C=O) groups excluding carboxylic acids is 1. The number of benzene rings is 1. The monoisotopic (exact) mass is 409 g/mol. The summed E-state index contributed by atoms with van der Waals surface area (Å²) in [6, 6.07) is 6.57. The highest BCUT2D eigenvalue weighted by Crippen LogP contribution is 2.32. The summed E-state index contributed by atoms with van der Waals surface area (Å²) in [6.45, 7) is 0.365. The van der Waals surface area contributed by atoms with Gasteiger partial charge in [-0.3, -0.25) is 9.69 Å². The quantitative estimate of drug-likeness (QED) is 0.454. The van der Waals surface area contributed by atoms with Gasteiger partial charge in [-0.2, -0.15) is 8.78 Å². The van der Waals surface area contributed by atoms with Crippen molar-refractivity contribution in [3.8, 4) is 0 Å². The number of amides is 1. The van der Waals surface area contributed by atoms with Gasteiger partial charge in [0.05, 0.1) is 12.6 Å². The molecule has 0 unspecified atom stereocenters. The molecule has 6 nitrogen and oxygen atoms in total. The fraction of sp³-hybridized carbons (Fsp3) is 0.429. The van der Waals surface area contributed by atoms with E-state index in [0.717, 1.165) is 6.08 Å². The minimum atomic E-state index is -3.46. The average molecular weight is 409 g/mol. The van der Waals surface area contributed by atoms with Crippen molar-refractivity contribution in [2.45, 2.75) is 43.8 Å². The molecular weight excluding hydrogens is 384 g/mol. The number of hydrogen-bond acceptors (Lipinski definition) is 4. The number of carboxylic acids is 1. The lowest BCUT2D eigenvalue weighted by Crippen LogP contribution is -2.45. The van der Waals surface area contributed by atoms with E-state index >= 15 is 0 Å². The molecule has 1 amide bonds. The number of cyclic esters (lactones) is 1. The van der Waals surface area contributed by atoms with Gasteiger partial charge in [-0.05, 0) is 12.8 Å². The summed E-state index contributed by atoms with van der Waals surface area (Å²) >= 11 is 0. The van der Waals surface area contributed by atoms with Crippen LogP contribution in [0.3, 0.4) is 0 Å². The lowest BCUT2D eigenvalue weighted by atomic mass is 10.0. The molecule has 2 N–H and O–H groups in total. The highest BCUT2D eigenvalue weighted by atomic mass is 19.3. The maximum Gasteiger partial charge on any atom is 0.410 e. The number of carbonyl (C=O) groups is 2. The van der Waals surface area contributed by atoms with Gasteiger partial charge < -0.3 is 14.9 Å². The largest absolute Gasteiger partial charge is 0.481 e. The molecule has 8 heteroatoms. The molecular formula is C21H25F2NO5. The third-order valence-corrected chi connectivity index (χ3v) is 4.55. The van der Waals surface area contributed by atoms with Crippen LogP contribution in [0.4, 0.5) is 13.6 Å². The van der Waals surface area contributed by atoms with E-state index in [1.165, 1.54) is 35.2 Å². The van der Waals surface area contributed by atoms with Crippen LogP contribution in [0.15, 0.2) is 54.6 Å². The van der Waals surface area contributed by atoms with Gasteiger partial charge in [0.25, 0.3) is 0 Å². The van der Waals surface area contributed by atoms with Gasteiger partial charge >= 0.3 is 18.0 Å². The van der Waals surface area contributed by atoms with Crippen molar-refractivity contribution < 1.29 is 33.3 Å². The molecule has 1 aromatic rings. The number of carboxylic acid groups (broad SMARTS) is 1. The molecule has 158 valence electrons. The molecule has 0 saturated carbocycles. The topological polar surface area (TPSA) is 87.1 Å². The Kier molecular flexibility index (Phi) is 8.33. The standard InChI is InChI=1S/C21H25F2NO5/c22-21(23,16-8-4-3-5-9-16)18(25)12-11-17-13-15-29-20(28)24(17)14-7-2-1-6-10-19(26)27/h2-5,7-9,11-12,17-18,25H,1,6,10,13-15H2,(H,26,27)/t17-,18+/m0/s1. The van der Waals surface area contributed by atoms with Gasteiger partial charge in [0.2, 0.25) is 0 Å². The van der Waals surface area contributed by atoms with Crippen LogP contribution < -0.4 is 0 Å². The Hall–Kier alpha value is -2.74. The number of aliphatic carboxylic acids is 1. The summed E-state index contributed by atoms with van der Waals surface area (Å²) in [6.07, 6.45) is 4.82. The summed E-state index contributed by atoms with van der Waals surface area (Å²) in [5, 5.41) is 18.6. The van der Waals surface area contributed by atoms with E-state index in [2.05, 4.69) is 0 Å². The van der Waals surface area contributed by atoms with Crippen molar-refractivity contribution in [1.29, 1.82) is 0 Å². The molecule has 1 aliphatic rings. The van der Waals surface area contributed by atoms with E-state index in [1.807, 2.05) is 0 Å². The van der Waals surface area contributed by atoms with Crippen LogP contribution in [0.5, 0.6) is 0 Å². The van der Waals surface area contributed by atoms with Gasteiger partial charge in [0.1, 0.15) is 6.10 Å². The number of rotatable bonds is 10. The SMILES string of the molecule is O=C(O)CCCC=CCN1C(=O)OCC[C@@H]1C=C[C@@H](O)C(F)(F)c1ccccc1. The highest BCUT2D eigenvalue weighted by Gasteiger charge is 2.39. The molecule has 0 radical (unpaired) electrons. The zero-order chi connectivity index (χ0) is 21.3. The minimum absolute atomic E-state index is 0.0645. The second kappa shape index (κ2) is 10.7. The van der Waals surface area contributed by atoms with Gasteiger partial charge in [-0.25, -0.2) is 4.79 Å². The Morgan fingerprint density at radius 2 is 2.03 bits per heavy atom. The minimum Gasteiger partial charge on any atom is -0.481 e. The molecule has 0 aliphatic carbocycles. The molecule has 0 spiro atoms. The molecule has 2 atom stereocenters. The lowest BCUT2D eigenvalue weighted by Gasteiger charge is -2.32. The lowest BCUT2D eigenvalue weighted by molar-refractivity contribution is -0.137. The molecule has 29 heavy (non-hydrogen) atoms. The number of hydrogen-bond donors (Lipinski definition) is 2. The molecule has 1 saturated heterocycles. The van der Waals surface area contributed by atoms with Crippen molar-refractivity contribution in [2.75, 3.05) is 13.2 Å². The average Bonchev–Trinajstić information content (AvgIpc) is 2.70. The van der Waals surface area contributed by atoms with Crippen molar-refractivity contribution >= 4 is 12.1 Å². The first-order valence-corrected chi connectivity index (χ1v) is 9.42. The van der Waals surface area contributed by atoms with E-state index in [9.17, 15) is 23.5 Å². The second-order valence-corrected chi connectivity index (χ2v) is 6.70. The first kappa shape index (κ1) is 22.5. The Labute approximate surface area is 168 Å². The summed E-state index contributed by atoms with van der Waals surface area (Å²) in [5.41, 5.74) is -0.290.